The number of H-pyrrole nitrogens is 1. The number of para-hydroxylation sites is 2. The first-order valence-corrected chi connectivity index (χ1v) is 12.3. The van der Waals surface area contributed by atoms with Gasteiger partial charge >= 0.3 is 6.03 Å². The summed E-state index contributed by atoms with van der Waals surface area (Å²) in [7, 11) is 0. The number of urea groups is 1. The van der Waals surface area contributed by atoms with Gasteiger partial charge in [-0.2, -0.15) is 0 Å². The molecule has 3 N–H and O–H groups in total. The summed E-state index contributed by atoms with van der Waals surface area (Å²) in [6.07, 6.45) is 0. The maximum atomic E-state index is 13.0. The fourth-order valence-corrected chi connectivity index (χ4v) is 4.20. The van der Waals surface area contributed by atoms with Crippen LogP contribution in [0.2, 0.25) is 0 Å². The molecule has 4 aromatic carbocycles. The van der Waals surface area contributed by atoms with Gasteiger partial charge in [0.15, 0.2) is 11.6 Å². The standard InChI is InChI=1S/C30H28N6O2/c1-30(2,3)24-15-9-10-16-26(24)38-27-18-17-20(22-13-7-8-14-23(22)28-33-35-36-34-28)19-25(27)32-29(37)31-21-11-5-4-6-12-21/h4-19H,1-3H3,(H2,31,32,37)(H,33,34,35,36). The SMILES string of the molecule is CC(C)(C)c1ccccc1Oc1ccc(-c2ccccc2-c2nnn[nH]2)cc1NC(=O)Nc1ccccc1. The average Bonchev–Trinajstić information content (AvgIpc) is 3.45. The number of ether oxygens (including phenoxy) is 1. The first-order valence-electron chi connectivity index (χ1n) is 12.3. The van der Waals surface area contributed by atoms with Gasteiger partial charge < -0.3 is 15.4 Å². The zero-order valence-electron chi connectivity index (χ0n) is 21.4. The van der Waals surface area contributed by atoms with Gasteiger partial charge in [-0.3, -0.25) is 0 Å². The van der Waals surface area contributed by atoms with Gasteiger partial charge in [-0.25, -0.2) is 9.89 Å². The summed E-state index contributed by atoms with van der Waals surface area (Å²) < 4.78 is 6.43. The van der Waals surface area contributed by atoms with Crippen LogP contribution in [0.5, 0.6) is 11.5 Å². The molecular formula is C30H28N6O2. The highest BCUT2D eigenvalue weighted by Crippen LogP contribution is 2.39. The van der Waals surface area contributed by atoms with Gasteiger partial charge in [0.2, 0.25) is 0 Å². The Morgan fingerprint density at radius 1 is 0.789 bits per heavy atom. The Bertz CT molecular complexity index is 1540. The molecule has 0 saturated heterocycles. The molecule has 0 aliphatic carbocycles. The van der Waals surface area contributed by atoms with Crippen LogP contribution in [0.1, 0.15) is 26.3 Å². The minimum atomic E-state index is -0.380. The van der Waals surface area contributed by atoms with E-state index in [0.29, 0.717) is 22.9 Å². The maximum Gasteiger partial charge on any atom is 0.323 e. The Morgan fingerprint density at radius 3 is 2.24 bits per heavy atom. The minimum absolute atomic E-state index is 0.126. The number of carbonyl (C=O) groups is 1. The van der Waals surface area contributed by atoms with E-state index in [1.54, 1.807) is 0 Å². The number of anilines is 2. The van der Waals surface area contributed by atoms with Crippen molar-refractivity contribution in [3.8, 4) is 34.0 Å². The van der Waals surface area contributed by atoms with Crippen molar-refractivity contribution in [2.45, 2.75) is 26.2 Å². The molecule has 0 spiro atoms. The molecule has 0 atom stereocenters. The molecule has 2 amide bonds. The van der Waals surface area contributed by atoms with Crippen LogP contribution >= 0.6 is 0 Å². The maximum absolute atomic E-state index is 13.0. The number of nitrogens with one attached hydrogen (secondary N) is 3. The van der Waals surface area contributed by atoms with Crippen molar-refractivity contribution in [1.82, 2.24) is 20.6 Å². The number of aromatic nitrogens is 4. The lowest BCUT2D eigenvalue weighted by Gasteiger charge is -2.23. The van der Waals surface area contributed by atoms with E-state index >= 15 is 0 Å². The van der Waals surface area contributed by atoms with Crippen LogP contribution in [0.3, 0.4) is 0 Å². The quantitative estimate of drug-likeness (QED) is 0.226. The number of rotatable bonds is 6. The average molecular weight is 505 g/mol. The van der Waals surface area contributed by atoms with Gasteiger partial charge in [0.25, 0.3) is 0 Å². The first-order chi connectivity index (χ1) is 18.4. The molecule has 8 nitrogen and oxygen atoms in total. The van der Waals surface area contributed by atoms with Gasteiger partial charge in [-0.1, -0.05) is 87.5 Å². The number of amides is 2. The van der Waals surface area contributed by atoms with Crippen molar-refractivity contribution in [1.29, 1.82) is 0 Å². The topological polar surface area (TPSA) is 105 Å². The molecule has 0 radical (unpaired) electrons. The fraction of sp³-hybridized carbons (Fsp3) is 0.133. The highest BCUT2D eigenvalue weighted by molar-refractivity contribution is 6.01. The number of carbonyl (C=O) groups excluding carboxylic acids is 1. The number of tetrazole rings is 1. The van der Waals surface area contributed by atoms with E-state index < -0.39 is 0 Å². The highest BCUT2D eigenvalue weighted by Gasteiger charge is 2.20. The van der Waals surface area contributed by atoms with Crippen molar-refractivity contribution in [3.05, 3.63) is 103 Å². The van der Waals surface area contributed by atoms with Crippen LogP contribution in [-0.2, 0) is 5.41 Å². The predicted molar refractivity (Wildman–Crippen MR) is 149 cm³/mol. The first kappa shape index (κ1) is 24.7. The van der Waals surface area contributed by atoms with Crippen molar-refractivity contribution in [2.75, 3.05) is 10.6 Å². The second kappa shape index (κ2) is 10.6. The molecular weight excluding hydrogens is 476 g/mol. The van der Waals surface area contributed by atoms with Gasteiger partial charge in [0.1, 0.15) is 5.75 Å². The van der Waals surface area contributed by atoms with Crippen LogP contribution in [-0.4, -0.2) is 26.7 Å². The Hall–Kier alpha value is -4.98. The predicted octanol–water partition coefficient (Wildman–Crippen LogP) is 7.27. The van der Waals surface area contributed by atoms with Gasteiger partial charge in [-0.05, 0) is 57.3 Å². The molecule has 0 unspecified atom stereocenters. The molecule has 0 fully saturated rings. The summed E-state index contributed by atoms with van der Waals surface area (Å²) in [4.78, 5) is 13.0. The van der Waals surface area contributed by atoms with Crippen LogP contribution < -0.4 is 15.4 Å². The number of benzene rings is 4. The van der Waals surface area contributed by atoms with E-state index in [9.17, 15) is 4.79 Å². The molecule has 8 heteroatoms. The molecule has 1 heterocycles. The second-order valence-electron chi connectivity index (χ2n) is 9.80. The second-order valence-corrected chi connectivity index (χ2v) is 9.80. The zero-order valence-corrected chi connectivity index (χ0v) is 21.4. The van der Waals surface area contributed by atoms with Crippen LogP contribution in [0.25, 0.3) is 22.5 Å². The monoisotopic (exact) mass is 504 g/mol. The largest absolute Gasteiger partial charge is 0.455 e. The lowest BCUT2D eigenvalue weighted by molar-refractivity contribution is 0.262. The lowest BCUT2D eigenvalue weighted by atomic mass is 9.86. The Morgan fingerprint density at radius 2 is 1.50 bits per heavy atom. The van der Waals surface area contributed by atoms with E-state index in [-0.39, 0.29) is 11.4 Å². The minimum Gasteiger partial charge on any atom is -0.455 e. The number of hydrogen-bond donors (Lipinski definition) is 3. The normalized spacial score (nSPS) is 11.1. The summed E-state index contributed by atoms with van der Waals surface area (Å²) in [5.74, 6) is 1.80. The summed E-state index contributed by atoms with van der Waals surface area (Å²) in [5, 5.41) is 20.2. The lowest BCUT2D eigenvalue weighted by Crippen LogP contribution is -2.20. The van der Waals surface area contributed by atoms with E-state index in [1.165, 1.54) is 0 Å². The van der Waals surface area contributed by atoms with Crippen molar-refractivity contribution >= 4 is 17.4 Å². The molecule has 5 aromatic rings. The summed E-state index contributed by atoms with van der Waals surface area (Å²) in [6, 6.07) is 30.3. The van der Waals surface area contributed by atoms with Crippen LogP contribution in [0, 0.1) is 0 Å². The van der Waals surface area contributed by atoms with E-state index in [4.69, 9.17) is 4.74 Å². The zero-order chi connectivity index (χ0) is 26.5. The Labute approximate surface area is 221 Å². The third kappa shape index (κ3) is 5.54. The Balaban J connectivity index is 1.55. The number of nitrogens with zero attached hydrogens (tertiary/aromatic N) is 3. The fourth-order valence-electron chi connectivity index (χ4n) is 4.20. The smallest absolute Gasteiger partial charge is 0.323 e. The third-order valence-corrected chi connectivity index (χ3v) is 6.01. The van der Waals surface area contributed by atoms with E-state index in [1.807, 2.05) is 91.0 Å². The Kier molecular flexibility index (Phi) is 6.86. The summed E-state index contributed by atoms with van der Waals surface area (Å²) in [5.41, 5.74) is 4.74. The number of aromatic amines is 1. The highest BCUT2D eigenvalue weighted by atomic mass is 16.5. The van der Waals surface area contributed by atoms with Crippen LogP contribution in [0.4, 0.5) is 16.2 Å². The molecule has 190 valence electrons. The molecule has 0 aliphatic rings. The third-order valence-electron chi connectivity index (χ3n) is 6.01. The molecule has 0 bridgehead atoms. The number of hydrogen-bond acceptors (Lipinski definition) is 5. The molecule has 5 rings (SSSR count). The summed E-state index contributed by atoms with van der Waals surface area (Å²) in [6.45, 7) is 6.42. The van der Waals surface area contributed by atoms with Gasteiger partial charge in [0, 0.05) is 16.8 Å². The van der Waals surface area contributed by atoms with Crippen LogP contribution in [0.15, 0.2) is 97.1 Å². The molecule has 0 saturated carbocycles. The molecule has 1 aromatic heterocycles. The van der Waals surface area contributed by atoms with E-state index in [2.05, 4.69) is 58.1 Å². The van der Waals surface area contributed by atoms with Crippen molar-refractivity contribution < 1.29 is 9.53 Å². The van der Waals surface area contributed by atoms with Gasteiger partial charge in [-0.15, -0.1) is 5.10 Å². The molecule has 38 heavy (non-hydrogen) atoms. The van der Waals surface area contributed by atoms with Crippen molar-refractivity contribution in [3.63, 3.8) is 0 Å². The molecule has 0 aliphatic heterocycles. The summed E-state index contributed by atoms with van der Waals surface area (Å²) >= 11 is 0. The van der Waals surface area contributed by atoms with E-state index in [0.717, 1.165) is 28.0 Å². The van der Waals surface area contributed by atoms with Gasteiger partial charge in [0.05, 0.1) is 5.69 Å². The van der Waals surface area contributed by atoms with Crippen molar-refractivity contribution in [2.24, 2.45) is 0 Å².